The number of hydrogen-bond donors (Lipinski definition) is 3. The van der Waals surface area contributed by atoms with Crippen LogP contribution in [0, 0.1) is 0 Å². The zero-order valence-corrected chi connectivity index (χ0v) is 13.6. The molecular weight excluding hydrogens is 306 g/mol. The second kappa shape index (κ2) is 7.02. The van der Waals surface area contributed by atoms with Crippen LogP contribution in [0.15, 0.2) is 42.3 Å². The Bertz CT molecular complexity index is 698. The third kappa shape index (κ3) is 3.58. The van der Waals surface area contributed by atoms with Crippen molar-refractivity contribution in [3.63, 3.8) is 0 Å². The van der Waals surface area contributed by atoms with Crippen molar-refractivity contribution in [2.24, 2.45) is 5.73 Å². The minimum atomic E-state index is -0.299. The highest BCUT2D eigenvalue weighted by Gasteiger charge is 2.24. The van der Waals surface area contributed by atoms with Crippen LogP contribution in [-0.4, -0.2) is 34.9 Å². The highest BCUT2D eigenvalue weighted by Crippen LogP contribution is 2.24. The van der Waals surface area contributed by atoms with Crippen molar-refractivity contribution >= 4 is 11.7 Å². The van der Waals surface area contributed by atoms with Crippen molar-refractivity contribution < 1.29 is 9.53 Å². The van der Waals surface area contributed by atoms with Gasteiger partial charge in [0.15, 0.2) is 0 Å². The van der Waals surface area contributed by atoms with Gasteiger partial charge in [-0.2, -0.15) is 5.10 Å². The maximum atomic E-state index is 12.4. The van der Waals surface area contributed by atoms with E-state index in [2.05, 4.69) is 17.0 Å². The van der Waals surface area contributed by atoms with E-state index in [0.29, 0.717) is 36.7 Å². The molecule has 0 spiro atoms. The number of hydrogen-bond acceptors (Lipinski definition) is 5. The Morgan fingerprint density at radius 2 is 2.38 bits per heavy atom. The van der Waals surface area contributed by atoms with Crippen molar-refractivity contribution in [2.45, 2.75) is 31.3 Å². The monoisotopic (exact) mass is 329 g/mol. The van der Waals surface area contributed by atoms with Gasteiger partial charge in [-0.25, -0.2) is 4.68 Å². The Labute approximate surface area is 141 Å². The molecule has 128 valence electrons. The Hall–Kier alpha value is -2.38. The summed E-state index contributed by atoms with van der Waals surface area (Å²) < 4.78 is 7.00. The molecule has 5 N–H and O–H groups in total. The van der Waals surface area contributed by atoms with Crippen molar-refractivity contribution in [1.29, 1.82) is 0 Å². The molecule has 1 aliphatic heterocycles. The summed E-state index contributed by atoms with van der Waals surface area (Å²) in [6.07, 6.45) is 9.74. The van der Waals surface area contributed by atoms with Crippen LogP contribution in [-0.2, 0) is 4.74 Å². The second-order valence-electron chi connectivity index (χ2n) is 6.18. The molecule has 24 heavy (non-hydrogen) atoms. The van der Waals surface area contributed by atoms with Gasteiger partial charge in [-0.3, -0.25) is 4.79 Å². The van der Waals surface area contributed by atoms with Gasteiger partial charge in [-0.1, -0.05) is 24.8 Å². The van der Waals surface area contributed by atoms with Crippen molar-refractivity contribution in [3.8, 4) is 0 Å². The molecule has 1 fully saturated rings. The average Bonchev–Trinajstić information content (AvgIpc) is 3.16. The van der Waals surface area contributed by atoms with E-state index in [-0.39, 0.29) is 18.0 Å². The number of rotatable bonds is 5. The number of carbonyl (C=O) groups excluding carboxylic acids is 1. The molecule has 7 heteroatoms. The van der Waals surface area contributed by atoms with E-state index in [0.717, 1.165) is 18.4 Å². The smallest absolute Gasteiger partial charge is 0.260 e. The first-order valence-electron chi connectivity index (χ1n) is 8.07. The van der Waals surface area contributed by atoms with Crippen LogP contribution in [0.4, 0.5) is 5.82 Å². The lowest BCUT2D eigenvalue weighted by Crippen LogP contribution is -2.24. The molecule has 0 saturated carbocycles. The van der Waals surface area contributed by atoms with Crippen LogP contribution < -0.4 is 16.8 Å². The number of aromatic nitrogens is 2. The first-order chi connectivity index (χ1) is 11.5. The highest BCUT2D eigenvalue weighted by molar-refractivity contribution is 5.99. The van der Waals surface area contributed by atoms with Gasteiger partial charge >= 0.3 is 0 Å². The fourth-order valence-corrected chi connectivity index (χ4v) is 2.96. The van der Waals surface area contributed by atoms with E-state index in [1.54, 1.807) is 4.68 Å². The molecule has 1 aliphatic carbocycles. The molecule has 0 bridgehead atoms. The SMILES string of the molecule is C=C(CC1=CC(N)CC=C1)NC(=O)c1cnn(C2CCOC2)c1N. The summed E-state index contributed by atoms with van der Waals surface area (Å²) in [6.45, 7) is 5.18. The van der Waals surface area contributed by atoms with Gasteiger partial charge in [0.25, 0.3) is 5.91 Å². The normalized spacial score (nSPS) is 23.1. The highest BCUT2D eigenvalue weighted by atomic mass is 16.5. The Morgan fingerprint density at radius 1 is 1.54 bits per heavy atom. The third-order valence-electron chi connectivity index (χ3n) is 4.21. The number of ether oxygens (including phenoxy) is 1. The fraction of sp³-hybridized carbons (Fsp3) is 0.412. The van der Waals surface area contributed by atoms with Crippen LogP contribution in [0.1, 0.15) is 35.7 Å². The second-order valence-corrected chi connectivity index (χ2v) is 6.18. The van der Waals surface area contributed by atoms with E-state index in [4.69, 9.17) is 16.2 Å². The summed E-state index contributed by atoms with van der Waals surface area (Å²) in [4.78, 5) is 12.4. The third-order valence-corrected chi connectivity index (χ3v) is 4.21. The number of nitrogens with two attached hydrogens (primary N) is 2. The van der Waals surface area contributed by atoms with E-state index >= 15 is 0 Å². The minimum Gasteiger partial charge on any atom is -0.383 e. The molecule has 2 heterocycles. The summed E-state index contributed by atoms with van der Waals surface area (Å²) in [6, 6.07) is 0.116. The number of nitrogens with zero attached hydrogens (tertiary/aromatic N) is 2. The van der Waals surface area contributed by atoms with E-state index in [9.17, 15) is 4.79 Å². The molecule has 3 rings (SSSR count). The molecule has 1 amide bonds. The maximum absolute atomic E-state index is 12.4. The molecule has 1 aromatic heterocycles. The first kappa shape index (κ1) is 16.5. The van der Waals surface area contributed by atoms with E-state index in [1.807, 2.05) is 18.2 Å². The van der Waals surface area contributed by atoms with Crippen LogP contribution in [0.25, 0.3) is 0 Å². The van der Waals surface area contributed by atoms with Crippen LogP contribution >= 0.6 is 0 Å². The Balaban J connectivity index is 1.62. The molecule has 2 atom stereocenters. The number of carbonyl (C=O) groups is 1. The van der Waals surface area contributed by atoms with Gasteiger partial charge in [-0.05, 0) is 18.4 Å². The predicted molar refractivity (Wildman–Crippen MR) is 92.2 cm³/mol. The molecule has 7 nitrogen and oxygen atoms in total. The van der Waals surface area contributed by atoms with Crippen molar-refractivity contribution in [2.75, 3.05) is 18.9 Å². The lowest BCUT2D eigenvalue weighted by atomic mass is 10.00. The van der Waals surface area contributed by atoms with Gasteiger partial charge in [-0.15, -0.1) is 0 Å². The lowest BCUT2D eigenvalue weighted by Gasteiger charge is -2.14. The molecular formula is C17H23N5O2. The zero-order chi connectivity index (χ0) is 17.1. The first-order valence-corrected chi connectivity index (χ1v) is 8.07. The molecule has 0 radical (unpaired) electrons. The Kier molecular flexibility index (Phi) is 4.82. The molecule has 2 unspecified atom stereocenters. The van der Waals surface area contributed by atoms with E-state index in [1.165, 1.54) is 6.20 Å². The molecule has 0 aromatic carbocycles. The molecule has 2 aliphatic rings. The average molecular weight is 329 g/mol. The van der Waals surface area contributed by atoms with Gasteiger partial charge < -0.3 is 21.5 Å². The number of allylic oxidation sites excluding steroid dienone is 2. The van der Waals surface area contributed by atoms with Gasteiger partial charge in [0, 0.05) is 24.8 Å². The minimum absolute atomic E-state index is 0.0241. The van der Waals surface area contributed by atoms with Crippen LogP contribution in [0.5, 0.6) is 0 Å². The quantitative estimate of drug-likeness (QED) is 0.754. The van der Waals surface area contributed by atoms with Gasteiger partial charge in [0.1, 0.15) is 11.4 Å². The van der Waals surface area contributed by atoms with Crippen molar-refractivity contribution in [1.82, 2.24) is 15.1 Å². The molecule has 1 saturated heterocycles. The van der Waals surface area contributed by atoms with Crippen LogP contribution in [0.2, 0.25) is 0 Å². The number of amides is 1. The largest absolute Gasteiger partial charge is 0.383 e. The topological polar surface area (TPSA) is 108 Å². The summed E-state index contributed by atoms with van der Waals surface area (Å²) in [7, 11) is 0. The summed E-state index contributed by atoms with van der Waals surface area (Å²) in [5.74, 6) is 0.0574. The number of anilines is 1. The standard InChI is InChI=1S/C17H23N5O2/c1-11(7-12-3-2-4-13(18)8-12)21-17(23)15-9-20-22(16(15)19)14-5-6-24-10-14/h2-3,8-9,13-14H,1,4-7,10,18-19H2,(H,21,23). The summed E-state index contributed by atoms with van der Waals surface area (Å²) in [5.41, 5.74) is 14.0. The van der Waals surface area contributed by atoms with Gasteiger partial charge in [0.05, 0.1) is 18.8 Å². The zero-order valence-electron chi connectivity index (χ0n) is 13.6. The van der Waals surface area contributed by atoms with Crippen LogP contribution in [0.3, 0.4) is 0 Å². The fourth-order valence-electron chi connectivity index (χ4n) is 2.96. The number of nitrogens with one attached hydrogen (secondary N) is 1. The lowest BCUT2D eigenvalue weighted by molar-refractivity contribution is 0.0966. The summed E-state index contributed by atoms with van der Waals surface area (Å²) >= 11 is 0. The Morgan fingerprint density at radius 3 is 3.08 bits per heavy atom. The predicted octanol–water partition coefficient (Wildman–Crippen LogP) is 1.27. The summed E-state index contributed by atoms with van der Waals surface area (Å²) in [5, 5.41) is 7.02. The maximum Gasteiger partial charge on any atom is 0.260 e. The van der Waals surface area contributed by atoms with E-state index < -0.39 is 0 Å². The van der Waals surface area contributed by atoms with Crippen molar-refractivity contribution in [3.05, 3.63) is 47.8 Å². The number of nitrogen functional groups attached to an aromatic ring is 1. The molecule has 1 aromatic rings. The van der Waals surface area contributed by atoms with Gasteiger partial charge in [0.2, 0.25) is 0 Å².